The molecule has 30 heavy (non-hydrogen) atoms. The van der Waals surface area contributed by atoms with Crippen molar-refractivity contribution in [2.24, 2.45) is 10.9 Å². The van der Waals surface area contributed by atoms with E-state index >= 15 is 0 Å². The van der Waals surface area contributed by atoms with E-state index in [2.05, 4.69) is 63.5 Å². The minimum Gasteiger partial charge on any atom is -0.379 e. The van der Waals surface area contributed by atoms with Crippen molar-refractivity contribution in [3.63, 3.8) is 0 Å². The molecule has 170 valence electrons. The van der Waals surface area contributed by atoms with E-state index in [1.54, 1.807) is 0 Å². The van der Waals surface area contributed by atoms with Crippen molar-refractivity contribution in [1.82, 2.24) is 15.5 Å². The zero-order valence-electron chi connectivity index (χ0n) is 18.6. The number of morpholine rings is 1. The molecule has 0 aliphatic carbocycles. The predicted octanol–water partition coefficient (Wildman–Crippen LogP) is 2.88. The first-order chi connectivity index (χ1) is 14.2. The van der Waals surface area contributed by atoms with Crippen molar-refractivity contribution < 1.29 is 4.74 Å². The molecule has 0 saturated carbocycles. The monoisotopic (exact) mass is 547 g/mol. The Kier molecular flexibility index (Phi) is 11.6. The second-order valence-electron chi connectivity index (χ2n) is 8.03. The molecule has 0 aromatic heterocycles. The number of thioether (sulfide) groups is 1. The Morgan fingerprint density at radius 3 is 2.33 bits per heavy atom. The van der Waals surface area contributed by atoms with Gasteiger partial charge >= 0.3 is 0 Å². The largest absolute Gasteiger partial charge is 0.379 e. The molecule has 2 N–H and O–H groups in total. The van der Waals surface area contributed by atoms with Gasteiger partial charge in [-0.15, -0.1) is 24.0 Å². The van der Waals surface area contributed by atoms with Crippen LogP contribution < -0.4 is 15.5 Å². The van der Waals surface area contributed by atoms with Crippen LogP contribution >= 0.6 is 35.7 Å². The number of nitrogens with zero attached hydrogens (tertiary/aromatic N) is 3. The average molecular weight is 548 g/mol. The number of anilines is 1. The van der Waals surface area contributed by atoms with Gasteiger partial charge in [-0.05, 0) is 23.6 Å². The molecule has 3 rings (SSSR count). The highest BCUT2D eigenvalue weighted by Crippen LogP contribution is 2.19. The molecule has 0 spiro atoms. The van der Waals surface area contributed by atoms with Gasteiger partial charge in [0.25, 0.3) is 0 Å². The van der Waals surface area contributed by atoms with E-state index in [4.69, 9.17) is 4.74 Å². The standard InChI is InChI=1S/C22H37N5OS.HI/c1-18(2)21(27-8-12-28-13-9-27)17-25-22(23-3)24-16-19-4-6-20(7-5-19)26-10-14-29-15-11-26;/h4-7,18,21H,8-17H2,1-3H3,(H2,23,24,25);1H. The molecule has 8 heteroatoms. The van der Waals surface area contributed by atoms with E-state index in [1.165, 1.54) is 22.8 Å². The summed E-state index contributed by atoms with van der Waals surface area (Å²) in [4.78, 5) is 9.42. The number of nitrogens with one attached hydrogen (secondary N) is 2. The predicted molar refractivity (Wildman–Crippen MR) is 141 cm³/mol. The molecule has 2 aliphatic rings. The molecule has 1 atom stereocenters. The second-order valence-corrected chi connectivity index (χ2v) is 9.26. The van der Waals surface area contributed by atoms with Crippen LogP contribution in [0.1, 0.15) is 19.4 Å². The van der Waals surface area contributed by atoms with Crippen LogP contribution in [0.15, 0.2) is 29.3 Å². The lowest BCUT2D eigenvalue weighted by Gasteiger charge is -2.37. The maximum absolute atomic E-state index is 5.51. The zero-order valence-corrected chi connectivity index (χ0v) is 21.7. The fourth-order valence-corrected chi connectivity index (χ4v) is 4.85. The average Bonchev–Trinajstić information content (AvgIpc) is 2.77. The summed E-state index contributed by atoms with van der Waals surface area (Å²) >= 11 is 2.05. The van der Waals surface area contributed by atoms with Crippen LogP contribution in [0.25, 0.3) is 0 Å². The lowest BCUT2D eigenvalue weighted by Crippen LogP contribution is -2.52. The van der Waals surface area contributed by atoms with Crippen molar-refractivity contribution >= 4 is 47.4 Å². The van der Waals surface area contributed by atoms with E-state index < -0.39 is 0 Å². The Bertz CT molecular complexity index is 631. The maximum Gasteiger partial charge on any atom is 0.191 e. The van der Waals surface area contributed by atoms with Gasteiger partial charge in [0.15, 0.2) is 5.96 Å². The van der Waals surface area contributed by atoms with Crippen molar-refractivity contribution in [1.29, 1.82) is 0 Å². The minimum absolute atomic E-state index is 0. The number of guanidine groups is 1. The van der Waals surface area contributed by atoms with Gasteiger partial charge in [-0.1, -0.05) is 26.0 Å². The van der Waals surface area contributed by atoms with Gasteiger partial charge in [-0.3, -0.25) is 9.89 Å². The van der Waals surface area contributed by atoms with Crippen LogP contribution in [0.3, 0.4) is 0 Å². The Morgan fingerprint density at radius 2 is 1.73 bits per heavy atom. The molecule has 2 heterocycles. The van der Waals surface area contributed by atoms with E-state index in [0.29, 0.717) is 12.0 Å². The number of ether oxygens (including phenoxy) is 1. The first kappa shape index (κ1) is 25.5. The Labute approximate surface area is 203 Å². The fourth-order valence-electron chi connectivity index (χ4n) is 3.95. The van der Waals surface area contributed by atoms with E-state index in [9.17, 15) is 0 Å². The lowest BCUT2D eigenvalue weighted by molar-refractivity contribution is 0.00752. The van der Waals surface area contributed by atoms with Crippen LogP contribution in [0, 0.1) is 5.92 Å². The summed E-state index contributed by atoms with van der Waals surface area (Å²) in [5.74, 6) is 3.90. The molecule has 2 fully saturated rings. The zero-order chi connectivity index (χ0) is 20.5. The van der Waals surface area contributed by atoms with E-state index in [0.717, 1.165) is 58.4 Å². The SMILES string of the molecule is CN=C(NCc1ccc(N2CCSCC2)cc1)NCC(C(C)C)N1CCOCC1.I. The number of benzene rings is 1. The van der Waals surface area contributed by atoms with Gasteiger partial charge in [0.1, 0.15) is 0 Å². The van der Waals surface area contributed by atoms with E-state index in [1.807, 2.05) is 18.8 Å². The summed E-state index contributed by atoms with van der Waals surface area (Å²) in [6.45, 7) is 12.3. The third-order valence-electron chi connectivity index (χ3n) is 5.76. The van der Waals surface area contributed by atoms with Gasteiger partial charge in [0, 0.05) is 69.6 Å². The minimum atomic E-state index is 0. The first-order valence-corrected chi connectivity index (χ1v) is 12.0. The van der Waals surface area contributed by atoms with Crippen LogP contribution in [0.4, 0.5) is 5.69 Å². The highest BCUT2D eigenvalue weighted by atomic mass is 127. The highest BCUT2D eigenvalue weighted by molar-refractivity contribution is 14.0. The van der Waals surface area contributed by atoms with Gasteiger partial charge in [-0.25, -0.2) is 0 Å². The summed E-state index contributed by atoms with van der Waals surface area (Å²) in [6, 6.07) is 9.43. The van der Waals surface area contributed by atoms with Gasteiger partial charge in [0.2, 0.25) is 0 Å². The van der Waals surface area contributed by atoms with E-state index in [-0.39, 0.29) is 24.0 Å². The van der Waals surface area contributed by atoms with Crippen molar-refractivity contribution in [3.8, 4) is 0 Å². The molecular weight excluding hydrogens is 509 g/mol. The Balaban J connectivity index is 0.00000320. The molecule has 2 aliphatic heterocycles. The molecule has 0 amide bonds. The molecule has 1 aromatic carbocycles. The van der Waals surface area contributed by atoms with Crippen molar-refractivity contribution in [2.75, 3.05) is 69.4 Å². The van der Waals surface area contributed by atoms with Gasteiger partial charge in [0.05, 0.1) is 13.2 Å². The summed E-state index contributed by atoms with van der Waals surface area (Å²) in [6.07, 6.45) is 0. The number of hydrogen-bond donors (Lipinski definition) is 2. The molecule has 0 bridgehead atoms. The quantitative estimate of drug-likeness (QED) is 0.311. The summed E-state index contributed by atoms with van der Waals surface area (Å²) < 4.78 is 5.51. The molecule has 1 aromatic rings. The molecule has 0 radical (unpaired) electrons. The third kappa shape index (κ3) is 7.76. The molecule has 1 unspecified atom stereocenters. The maximum atomic E-state index is 5.51. The van der Waals surface area contributed by atoms with Crippen molar-refractivity contribution in [3.05, 3.63) is 29.8 Å². The van der Waals surface area contributed by atoms with Crippen LogP contribution in [0.5, 0.6) is 0 Å². The Hall–Kier alpha value is -0.710. The molecule has 2 saturated heterocycles. The lowest BCUT2D eigenvalue weighted by atomic mass is 10.0. The van der Waals surface area contributed by atoms with Crippen LogP contribution in [-0.4, -0.2) is 81.4 Å². The molecular formula is C22H38IN5OS. The van der Waals surface area contributed by atoms with Gasteiger partial charge in [-0.2, -0.15) is 11.8 Å². The number of rotatable bonds is 7. The number of hydrogen-bond acceptors (Lipinski definition) is 5. The van der Waals surface area contributed by atoms with Gasteiger partial charge < -0.3 is 20.3 Å². The number of halogens is 1. The molecule has 6 nitrogen and oxygen atoms in total. The van der Waals surface area contributed by atoms with Crippen LogP contribution in [-0.2, 0) is 11.3 Å². The normalized spacial score (nSPS) is 19.3. The summed E-state index contributed by atoms with van der Waals surface area (Å²) in [5, 5.41) is 6.99. The topological polar surface area (TPSA) is 52.1 Å². The first-order valence-electron chi connectivity index (χ1n) is 10.9. The van der Waals surface area contributed by atoms with Crippen LogP contribution in [0.2, 0.25) is 0 Å². The summed E-state index contributed by atoms with van der Waals surface area (Å²) in [7, 11) is 1.84. The second kappa shape index (κ2) is 13.6. The number of aliphatic imine (C=N–C) groups is 1. The Morgan fingerprint density at radius 1 is 1.07 bits per heavy atom. The smallest absolute Gasteiger partial charge is 0.191 e. The highest BCUT2D eigenvalue weighted by Gasteiger charge is 2.23. The fraction of sp³-hybridized carbons (Fsp3) is 0.682. The van der Waals surface area contributed by atoms with Crippen molar-refractivity contribution in [2.45, 2.75) is 26.4 Å². The summed E-state index contributed by atoms with van der Waals surface area (Å²) in [5.41, 5.74) is 2.61. The third-order valence-corrected chi connectivity index (χ3v) is 6.70.